The van der Waals surface area contributed by atoms with Crippen LogP contribution in [0.3, 0.4) is 0 Å². The van der Waals surface area contributed by atoms with Crippen LogP contribution in [0.15, 0.2) is 34.3 Å². The van der Waals surface area contributed by atoms with E-state index in [9.17, 15) is 0 Å². The highest BCUT2D eigenvalue weighted by molar-refractivity contribution is 5.73. The van der Waals surface area contributed by atoms with Crippen molar-refractivity contribution in [1.29, 1.82) is 0 Å². The van der Waals surface area contributed by atoms with Crippen LogP contribution in [-0.2, 0) is 0 Å². The van der Waals surface area contributed by atoms with Crippen molar-refractivity contribution >= 4 is 12.9 Å². The fraction of sp³-hybridized carbons (Fsp3) is 0.143. The molecule has 0 bridgehead atoms. The molecule has 1 rings (SSSR count). The van der Waals surface area contributed by atoms with Gasteiger partial charge in [-0.2, -0.15) is 5.10 Å². The molecule has 1 heterocycles. The van der Waals surface area contributed by atoms with E-state index in [2.05, 4.69) is 16.8 Å². The third-order valence-corrected chi connectivity index (χ3v) is 1.17. The first-order chi connectivity index (χ1) is 4.88. The fourth-order valence-corrected chi connectivity index (χ4v) is 0.701. The molecule has 0 aromatic rings. The van der Waals surface area contributed by atoms with Crippen LogP contribution in [0.2, 0.25) is 0 Å². The topological polar surface area (TPSA) is 28.0 Å². The van der Waals surface area contributed by atoms with Crippen LogP contribution in [-0.4, -0.2) is 17.9 Å². The van der Waals surface area contributed by atoms with Crippen molar-refractivity contribution in [2.24, 2.45) is 10.1 Å². The van der Waals surface area contributed by atoms with Gasteiger partial charge in [0.15, 0.2) is 0 Å². The van der Waals surface area contributed by atoms with E-state index in [4.69, 9.17) is 0 Å². The number of hydrogen-bond donors (Lipinski definition) is 0. The SMILES string of the molecule is C=NN1C=CC=N/C1=C/C. The highest BCUT2D eigenvalue weighted by Gasteiger charge is 2.01. The third-order valence-electron chi connectivity index (χ3n) is 1.17. The molecule has 1 aliphatic rings. The minimum Gasteiger partial charge on any atom is -0.237 e. The van der Waals surface area contributed by atoms with Gasteiger partial charge in [-0.3, -0.25) is 0 Å². The van der Waals surface area contributed by atoms with Crippen molar-refractivity contribution < 1.29 is 0 Å². The molecule has 0 N–H and O–H groups in total. The maximum absolute atomic E-state index is 4.04. The zero-order chi connectivity index (χ0) is 7.40. The lowest BCUT2D eigenvalue weighted by atomic mass is 10.5. The van der Waals surface area contributed by atoms with E-state index < -0.39 is 0 Å². The molecule has 10 heavy (non-hydrogen) atoms. The minimum atomic E-state index is 0.803. The van der Waals surface area contributed by atoms with Crippen molar-refractivity contribution in [3.05, 3.63) is 24.2 Å². The lowest BCUT2D eigenvalue weighted by molar-refractivity contribution is 0.493. The van der Waals surface area contributed by atoms with Gasteiger partial charge in [-0.15, -0.1) is 0 Å². The second-order valence-electron chi connectivity index (χ2n) is 1.75. The number of allylic oxidation sites excluding steroid dienone is 2. The molecule has 52 valence electrons. The smallest absolute Gasteiger partial charge is 0.148 e. The largest absolute Gasteiger partial charge is 0.237 e. The van der Waals surface area contributed by atoms with Crippen molar-refractivity contribution in [1.82, 2.24) is 5.01 Å². The van der Waals surface area contributed by atoms with E-state index in [0.29, 0.717) is 0 Å². The lowest BCUT2D eigenvalue weighted by Gasteiger charge is -2.14. The predicted octanol–water partition coefficient (Wildman–Crippen LogP) is 1.36. The Morgan fingerprint density at radius 2 is 2.60 bits per heavy atom. The zero-order valence-electron chi connectivity index (χ0n) is 5.86. The van der Waals surface area contributed by atoms with Gasteiger partial charge < -0.3 is 0 Å². The number of nitrogens with zero attached hydrogens (tertiary/aromatic N) is 3. The van der Waals surface area contributed by atoms with Crippen LogP contribution in [0.4, 0.5) is 0 Å². The molecular weight excluding hydrogens is 126 g/mol. The van der Waals surface area contributed by atoms with Gasteiger partial charge in [0.05, 0.1) is 0 Å². The van der Waals surface area contributed by atoms with Gasteiger partial charge in [-0.25, -0.2) is 10.0 Å². The highest BCUT2D eigenvalue weighted by atomic mass is 15.5. The van der Waals surface area contributed by atoms with Crippen LogP contribution >= 0.6 is 0 Å². The molecule has 0 aliphatic carbocycles. The average molecular weight is 135 g/mol. The van der Waals surface area contributed by atoms with Gasteiger partial charge in [-0.1, -0.05) is 0 Å². The Morgan fingerprint density at radius 3 is 3.10 bits per heavy atom. The van der Waals surface area contributed by atoms with Crippen LogP contribution in [0.25, 0.3) is 0 Å². The highest BCUT2D eigenvalue weighted by Crippen LogP contribution is 2.09. The summed E-state index contributed by atoms with van der Waals surface area (Å²) in [6.45, 7) is 5.30. The first-order valence-corrected chi connectivity index (χ1v) is 3.01. The molecule has 0 aromatic heterocycles. The van der Waals surface area contributed by atoms with E-state index in [1.165, 1.54) is 0 Å². The molecule has 0 unspecified atom stereocenters. The first kappa shape index (κ1) is 6.74. The molecule has 0 atom stereocenters. The second-order valence-corrected chi connectivity index (χ2v) is 1.75. The molecule has 0 amide bonds. The molecule has 0 spiro atoms. The third kappa shape index (κ3) is 1.13. The molecule has 3 nitrogen and oxygen atoms in total. The Morgan fingerprint density at radius 1 is 1.80 bits per heavy atom. The van der Waals surface area contributed by atoms with Gasteiger partial charge in [0.1, 0.15) is 5.82 Å². The van der Waals surface area contributed by atoms with Crippen LogP contribution in [0.5, 0.6) is 0 Å². The first-order valence-electron chi connectivity index (χ1n) is 3.01. The standard InChI is InChI=1S/C7H9N3/c1-3-7-9-5-4-6-10(7)8-2/h3-6H,2H2,1H3/b7-3-. The Hall–Kier alpha value is -1.38. The van der Waals surface area contributed by atoms with Crippen molar-refractivity contribution in [3.63, 3.8) is 0 Å². The van der Waals surface area contributed by atoms with Crippen molar-refractivity contribution in [2.45, 2.75) is 6.92 Å². The quantitative estimate of drug-likeness (QED) is 0.499. The number of hydrazone groups is 1. The Bertz CT molecular complexity index is 213. The van der Waals surface area contributed by atoms with Gasteiger partial charge >= 0.3 is 0 Å². The Labute approximate surface area is 60.1 Å². The maximum Gasteiger partial charge on any atom is 0.148 e. The lowest BCUT2D eigenvalue weighted by Crippen LogP contribution is -2.09. The van der Waals surface area contributed by atoms with Gasteiger partial charge in [0.2, 0.25) is 0 Å². The number of hydrogen-bond acceptors (Lipinski definition) is 3. The summed E-state index contributed by atoms with van der Waals surface area (Å²) in [6, 6.07) is 0. The summed E-state index contributed by atoms with van der Waals surface area (Å²) in [6.07, 6.45) is 7.20. The molecule has 0 radical (unpaired) electrons. The van der Waals surface area contributed by atoms with Gasteiger partial charge in [0, 0.05) is 19.1 Å². The average Bonchev–Trinajstić information content (AvgIpc) is 2.04. The summed E-state index contributed by atoms with van der Waals surface area (Å²) >= 11 is 0. The van der Waals surface area contributed by atoms with Crippen molar-refractivity contribution in [2.75, 3.05) is 0 Å². The second kappa shape index (κ2) is 2.96. The monoisotopic (exact) mass is 135 g/mol. The molecule has 1 aliphatic heterocycles. The van der Waals surface area contributed by atoms with Crippen LogP contribution in [0.1, 0.15) is 6.92 Å². The molecule has 0 fully saturated rings. The van der Waals surface area contributed by atoms with Crippen LogP contribution in [0, 0.1) is 0 Å². The van der Waals surface area contributed by atoms with E-state index in [-0.39, 0.29) is 0 Å². The summed E-state index contributed by atoms with van der Waals surface area (Å²) in [5.41, 5.74) is 0. The van der Waals surface area contributed by atoms with E-state index >= 15 is 0 Å². The van der Waals surface area contributed by atoms with Crippen LogP contribution < -0.4 is 0 Å². The molecule has 0 saturated heterocycles. The van der Waals surface area contributed by atoms with E-state index in [0.717, 1.165) is 5.82 Å². The fourth-order valence-electron chi connectivity index (χ4n) is 0.701. The number of rotatable bonds is 1. The summed E-state index contributed by atoms with van der Waals surface area (Å²) in [5, 5.41) is 5.33. The number of aliphatic imine (C=N–C) groups is 1. The molecular formula is C7H9N3. The maximum atomic E-state index is 4.04. The molecule has 0 aromatic carbocycles. The summed E-state index contributed by atoms with van der Waals surface area (Å²) in [5.74, 6) is 0.803. The van der Waals surface area contributed by atoms with Gasteiger partial charge in [-0.05, 0) is 19.1 Å². The zero-order valence-corrected chi connectivity index (χ0v) is 5.86. The van der Waals surface area contributed by atoms with E-state index in [1.54, 1.807) is 17.4 Å². The Kier molecular flexibility index (Phi) is 1.99. The molecule has 3 heteroatoms. The minimum absolute atomic E-state index is 0.803. The molecule has 0 saturated carbocycles. The Balaban J connectivity index is 2.83. The normalized spacial score (nSPS) is 20.1. The summed E-state index contributed by atoms with van der Waals surface area (Å²) in [7, 11) is 0. The van der Waals surface area contributed by atoms with E-state index in [1.807, 2.05) is 19.1 Å². The predicted molar refractivity (Wildman–Crippen MR) is 42.8 cm³/mol. The van der Waals surface area contributed by atoms with Gasteiger partial charge in [0.25, 0.3) is 0 Å². The van der Waals surface area contributed by atoms with Crippen molar-refractivity contribution in [3.8, 4) is 0 Å². The summed E-state index contributed by atoms with van der Waals surface area (Å²) < 4.78 is 0. The summed E-state index contributed by atoms with van der Waals surface area (Å²) in [4.78, 5) is 4.04.